The van der Waals surface area contributed by atoms with Crippen LogP contribution in [0.15, 0.2) is 53.4 Å². The number of anilines is 3. The van der Waals surface area contributed by atoms with Gasteiger partial charge in [-0.25, -0.2) is 14.8 Å². The molecule has 0 spiro atoms. The Balaban J connectivity index is 1.23. The molecule has 1 saturated carbocycles. The number of aryl methyl sites for hydroxylation is 2. The van der Waals surface area contributed by atoms with E-state index in [4.69, 9.17) is 9.26 Å². The fourth-order valence-corrected chi connectivity index (χ4v) is 4.77. The summed E-state index contributed by atoms with van der Waals surface area (Å²) in [5, 5.41) is 23.5. The molecule has 11 heteroatoms. The topological polar surface area (TPSA) is 144 Å². The number of hydrogen-bond acceptors (Lipinski definition) is 9. The van der Waals surface area contributed by atoms with E-state index in [0.717, 1.165) is 29.8 Å². The number of aromatic nitrogens is 5. The van der Waals surface area contributed by atoms with Gasteiger partial charge in [0.1, 0.15) is 5.69 Å². The molecule has 0 radical (unpaired) electrons. The molecule has 1 amide bonds. The van der Waals surface area contributed by atoms with E-state index >= 15 is 0 Å². The highest BCUT2D eigenvalue weighted by atomic mass is 16.6. The van der Waals surface area contributed by atoms with Crippen molar-refractivity contribution in [3.8, 4) is 23.1 Å². The van der Waals surface area contributed by atoms with Crippen molar-refractivity contribution in [2.75, 3.05) is 10.6 Å². The third-order valence-corrected chi connectivity index (χ3v) is 6.69. The highest BCUT2D eigenvalue weighted by molar-refractivity contribution is 5.86. The summed E-state index contributed by atoms with van der Waals surface area (Å²) in [4.78, 5) is 21.2. The summed E-state index contributed by atoms with van der Waals surface area (Å²) < 4.78 is 12.2. The first-order chi connectivity index (χ1) is 18.5. The van der Waals surface area contributed by atoms with E-state index in [1.165, 1.54) is 12.8 Å². The fraction of sp³-hybridized carbons (Fsp3) is 0.333. The van der Waals surface area contributed by atoms with Gasteiger partial charge < -0.3 is 14.6 Å². The lowest BCUT2D eigenvalue weighted by Crippen LogP contribution is -2.17. The highest BCUT2D eigenvalue weighted by Crippen LogP contribution is 2.36. The van der Waals surface area contributed by atoms with Gasteiger partial charge in [-0.15, -0.1) is 0 Å². The van der Waals surface area contributed by atoms with Crippen molar-refractivity contribution < 1.29 is 14.1 Å². The van der Waals surface area contributed by atoms with Gasteiger partial charge in [-0.3, -0.25) is 10.00 Å². The number of nitriles is 1. The number of ether oxygens (including phenoxy) is 1. The summed E-state index contributed by atoms with van der Waals surface area (Å²) in [6.45, 7) is 3.37. The Morgan fingerprint density at radius 1 is 1.21 bits per heavy atom. The molecule has 3 heterocycles. The highest BCUT2D eigenvalue weighted by Gasteiger charge is 2.27. The molecule has 3 aromatic heterocycles. The summed E-state index contributed by atoms with van der Waals surface area (Å²) in [6.07, 6.45) is 9.96. The summed E-state index contributed by atoms with van der Waals surface area (Å²) in [7, 11) is 0. The van der Waals surface area contributed by atoms with Crippen molar-refractivity contribution in [1.29, 1.82) is 5.26 Å². The number of carbonyl (C=O) groups is 1. The zero-order valence-corrected chi connectivity index (χ0v) is 21.2. The molecule has 1 aliphatic rings. The number of nitrogens with one attached hydrogen (secondary N) is 2. The maximum atomic E-state index is 12.2. The Morgan fingerprint density at radius 2 is 1.97 bits per heavy atom. The van der Waals surface area contributed by atoms with Crippen LogP contribution in [0.1, 0.15) is 49.6 Å². The van der Waals surface area contributed by atoms with Gasteiger partial charge in [-0.05, 0) is 56.0 Å². The molecule has 0 aliphatic heterocycles. The molecular formula is C27H28N8O3. The van der Waals surface area contributed by atoms with Gasteiger partial charge in [-0.2, -0.15) is 10.4 Å². The van der Waals surface area contributed by atoms with Crippen LogP contribution in [0.3, 0.4) is 0 Å². The van der Waals surface area contributed by atoms with Crippen LogP contribution < -0.4 is 15.4 Å². The molecule has 38 heavy (non-hydrogen) atoms. The van der Waals surface area contributed by atoms with E-state index in [2.05, 4.69) is 36.9 Å². The van der Waals surface area contributed by atoms with Crippen molar-refractivity contribution in [3.63, 3.8) is 0 Å². The molecule has 1 atom stereocenters. The van der Waals surface area contributed by atoms with E-state index in [1.54, 1.807) is 50.5 Å². The van der Waals surface area contributed by atoms with E-state index in [0.29, 0.717) is 41.2 Å². The van der Waals surface area contributed by atoms with Crippen LogP contribution in [0.4, 0.5) is 22.1 Å². The molecule has 1 unspecified atom stereocenters. The molecule has 2 N–H and O–H groups in total. The third kappa shape index (κ3) is 5.64. The summed E-state index contributed by atoms with van der Waals surface area (Å²) in [5.41, 5.74) is 3.41. The third-order valence-electron chi connectivity index (χ3n) is 6.69. The van der Waals surface area contributed by atoms with Crippen molar-refractivity contribution in [2.45, 2.75) is 52.0 Å². The molecule has 4 aromatic rings. The lowest BCUT2D eigenvalue weighted by molar-refractivity contribution is 0.214. The van der Waals surface area contributed by atoms with Crippen LogP contribution in [0, 0.1) is 31.1 Å². The number of carbonyl (C=O) groups excluding carboxylic acids is 1. The van der Waals surface area contributed by atoms with Gasteiger partial charge in [0.05, 0.1) is 30.4 Å². The Kier molecular flexibility index (Phi) is 7.31. The Bertz CT molecular complexity index is 1430. The largest absolute Gasteiger partial charge is 0.417 e. The SMILES string of the molecule is Cc1noc(C)c1OC(=O)Nc1ccc(Nc2nccc(-c3cnn(C(CC#N)C4CCCC4)c3)n2)cc1. The first kappa shape index (κ1) is 25.0. The minimum absolute atomic E-state index is 0.0875. The predicted octanol–water partition coefficient (Wildman–Crippen LogP) is 5.94. The number of benzene rings is 1. The molecule has 1 fully saturated rings. The first-order valence-electron chi connectivity index (χ1n) is 12.5. The molecular weight excluding hydrogens is 484 g/mol. The van der Waals surface area contributed by atoms with Gasteiger partial charge in [0, 0.05) is 36.3 Å². The van der Waals surface area contributed by atoms with Gasteiger partial charge in [0.25, 0.3) is 0 Å². The maximum absolute atomic E-state index is 12.2. The second kappa shape index (κ2) is 11.1. The number of nitrogens with zero attached hydrogens (tertiary/aromatic N) is 6. The van der Waals surface area contributed by atoms with Crippen molar-refractivity contribution >= 4 is 23.4 Å². The predicted molar refractivity (Wildman–Crippen MR) is 140 cm³/mol. The van der Waals surface area contributed by atoms with E-state index in [9.17, 15) is 10.1 Å². The minimum atomic E-state index is -0.637. The molecule has 0 saturated heterocycles. The fourth-order valence-electron chi connectivity index (χ4n) is 4.77. The lowest BCUT2D eigenvalue weighted by atomic mass is 9.96. The van der Waals surface area contributed by atoms with Crippen LogP contribution in [0.25, 0.3) is 11.3 Å². The zero-order valence-electron chi connectivity index (χ0n) is 21.2. The Hall–Kier alpha value is -4.72. The van der Waals surface area contributed by atoms with Gasteiger partial charge in [0.15, 0.2) is 11.5 Å². The number of rotatable bonds is 8. The monoisotopic (exact) mass is 512 g/mol. The van der Waals surface area contributed by atoms with E-state index in [1.807, 2.05) is 16.9 Å². The van der Waals surface area contributed by atoms with Crippen LogP contribution in [0.5, 0.6) is 5.75 Å². The Morgan fingerprint density at radius 3 is 2.68 bits per heavy atom. The molecule has 1 aromatic carbocycles. The maximum Gasteiger partial charge on any atom is 0.417 e. The summed E-state index contributed by atoms with van der Waals surface area (Å²) in [5.74, 6) is 1.66. The first-order valence-corrected chi connectivity index (χ1v) is 12.5. The van der Waals surface area contributed by atoms with Crippen molar-refractivity contribution in [1.82, 2.24) is 24.9 Å². The van der Waals surface area contributed by atoms with Crippen LogP contribution in [-0.4, -0.2) is 31.0 Å². The molecule has 0 bridgehead atoms. The number of amides is 1. The van der Waals surface area contributed by atoms with Crippen molar-refractivity contribution in [3.05, 3.63) is 60.4 Å². The van der Waals surface area contributed by atoms with Crippen LogP contribution >= 0.6 is 0 Å². The average molecular weight is 513 g/mol. The van der Waals surface area contributed by atoms with Gasteiger partial charge in [-0.1, -0.05) is 18.0 Å². The average Bonchev–Trinajstić information content (AvgIpc) is 3.68. The normalized spacial score (nSPS) is 14.1. The van der Waals surface area contributed by atoms with Gasteiger partial charge in [0.2, 0.25) is 5.95 Å². The zero-order chi connectivity index (χ0) is 26.5. The summed E-state index contributed by atoms with van der Waals surface area (Å²) >= 11 is 0. The van der Waals surface area contributed by atoms with Crippen LogP contribution in [0.2, 0.25) is 0 Å². The van der Waals surface area contributed by atoms with Crippen LogP contribution in [-0.2, 0) is 0 Å². The quantitative estimate of drug-likeness (QED) is 0.293. The smallest absolute Gasteiger partial charge is 0.404 e. The lowest BCUT2D eigenvalue weighted by Gasteiger charge is -2.21. The molecule has 5 rings (SSSR count). The van der Waals surface area contributed by atoms with E-state index < -0.39 is 6.09 Å². The standard InChI is InChI=1S/C27H28N8O3/c1-17-25(18(2)38-34-17)37-27(36)32-22-9-7-21(8-10-22)31-26-29-14-12-23(33-26)20-15-30-35(16-20)24(11-13-28)19-5-3-4-6-19/h7-10,12,14-16,19,24H,3-6,11H2,1-2H3,(H,32,36)(H,29,31,33). The van der Waals surface area contributed by atoms with Gasteiger partial charge >= 0.3 is 6.09 Å². The van der Waals surface area contributed by atoms with E-state index in [-0.39, 0.29) is 6.04 Å². The summed E-state index contributed by atoms with van der Waals surface area (Å²) in [6, 6.07) is 11.3. The molecule has 11 nitrogen and oxygen atoms in total. The molecule has 194 valence electrons. The van der Waals surface area contributed by atoms with Crippen molar-refractivity contribution in [2.24, 2.45) is 5.92 Å². The molecule has 1 aliphatic carbocycles. The minimum Gasteiger partial charge on any atom is -0.404 e. The second-order valence-corrected chi connectivity index (χ2v) is 9.32. The number of hydrogen-bond donors (Lipinski definition) is 2. The Labute approximate surface area is 219 Å². The second-order valence-electron chi connectivity index (χ2n) is 9.32.